The van der Waals surface area contributed by atoms with Crippen molar-refractivity contribution >= 4 is 0 Å². The van der Waals surface area contributed by atoms with Gasteiger partial charge in [0, 0.05) is 13.2 Å². The van der Waals surface area contributed by atoms with Gasteiger partial charge in [-0.2, -0.15) is 0 Å². The molecule has 0 aliphatic heterocycles. The molecule has 2 heteroatoms. The summed E-state index contributed by atoms with van der Waals surface area (Å²) in [5.41, 5.74) is 0. The molecule has 2 nitrogen and oxygen atoms in total. The van der Waals surface area contributed by atoms with E-state index in [2.05, 4.69) is 6.92 Å². The standard InChI is InChI=1S/C12H24O2/c1-2-9-14-12-7-3-5-11(10-12)6-4-8-13/h11-13H,2-10H2,1H3/t11-,12-/m1/s1. The zero-order chi connectivity index (χ0) is 10.2. The van der Waals surface area contributed by atoms with E-state index < -0.39 is 0 Å². The number of aliphatic hydroxyl groups excluding tert-OH is 1. The number of hydrogen-bond acceptors (Lipinski definition) is 2. The van der Waals surface area contributed by atoms with Crippen LogP contribution in [0.15, 0.2) is 0 Å². The van der Waals surface area contributed by atoms with Crippen LogP contribution in [0.4, 0.5) is 0 Å². The third kappa shape index (κ3) is 4.43. The minimum absolute atomic E-state index is 0.344. The first-order chi connectivity index (χ1) is 6.86. The van der Waals surface area contributed by atoms with Crippen LogP contribution in [0.3, 0.4) is 0 Å². The molecule has 1 aliphatic carbocycles. The minimum Gasteiger partial charge on any atom is -0.396 e. The molecule has 84 valence electrons. The fraction of sp³-hybridized carbons (Fsp3) is 1.00. The lowest BCUT2D eigenvalue weighted by molar-refractivity contribution is 0.0113. The zero-order valence-corrected chi connectivity index (χ0v) is 9.37. The summed E-state index contributed by atoms with van der Waals surface area (Å²) in [5, 5.41) is 8.77. The van der Waals surface area contributed by atoms with Gasteiger partial charge in [0.05, 0.1) is 6.10 Å². The number of aliphatic hydroxyl groups is 1. The smallest absolute Gasteiger partial charge is 0.0577 e. The van der Waals surface area contributed by atoms with Crippen molar-refractivity contribution in [3.63, 3.8) is 0 Å². The van der Waals surface area contributed by atoms with E-state index in [1.54, 1.807) is 0 Å². The first-order valence-corrected chi connectivity index (χ1v) is 6.09. The van der Waals surface area contributed by atoms with Gasteiger partial charge in [0.1, 0.15) is 0 Å². The van der Waals surface area contributed by atoms with Crippen LogP contribution in [0.5, 0.6) is 0 Å². The van der Waals surface area contributed by atoms with Gasteiger partial charge in [-0.3, -0.25) is 0 Å². The molecule has 1 rings (SSSR count). The summed E-state index contributed by atoms with van der Waals surface area (Å²) in [7, 11) is 0. The molecular formula is C12H24O2. The van der Waals surface area contributed by atoms with Gasteiger partial charge in [-0.15, -0.1) is 0 Å². The summed E-state index contributed by atoms with van der Waals surface area (Å²) < 4.78 is 5.78. The van der Waals surface area contributed by atoms with Gasteiger partial charge in [0.25, 0.3) is 0 Å². The Morgan fingerprint density at radius 2 is 2.21 bits per heavy atom. The lowest BCUT2D eigenvalue weighted by Gasteiger charge is -2.29. The van der Waals surface area contributed by atoms with Crippen molar-refractivity contribution in [1.82, 2.24) is 0 Å². The molecule has 0 saturated heterocycles. The van der Waals surface area contributed by atoms with Crippen LogP contribution in [-0.2, 0) is 4.74 Å². The largest absolute Gasteiger partial charge is 0.396 e. The summed E-state index contributed by atoms with van der Waals surface area (Å²) in [6.07, 6.45) is 8.89. The first kappa shape index (κ1) is 12.0. The number of rotatable bonds is 6. The molecule has 0 aromatic rings. The van der Waals surface area contributed by atoms with E-state index in [0.717, 1.165) is 25.4 Å². The lowest BCUT2D eigenvalue weighted by atomic mass is 9.84. The Bertz CT molecular complexity index is 122. The molecule has 0 amide bonds. The minimum atomic E-state index is 0.344. The molecule has 1 aliphatic rings. The van der Waals surface area contributed by atoms with Crippen molar-refractivity contribution in [3.05, 3.63) is 0 Å². The van der Waals surface area contributed by atoms with Crippen LogP contribution in [-0.4, -0.2) is 24.4 Å². The Morgan fingerprint density at radius 1 is 1.36 bits per heavy atom. The zero-order valence-electron chi connectivity index (χ0n) is 9.37. The maximum Gasteiger partial charge on any atom is 0.0577 e. The highest BCUT2D eigenvalue weighted by molar-refractivity contribution is 4.73. The topological polar surface area (TPSA) is 29.5 Å². The molecule has 0 bridgehead atoms. The van der Waals surface area contributed by atoms with Gasteiger partial charge in [-0.25, -0.2) is 0 Å². The quantitative estimate of drug-likeness (QED) is 0.714. The Kier molecular flexibility index (Phi) is 6.20. The Hall–Kier alpha value is -0.0800. The maximum absolute atomic E-state index is 8.77. The number of ether oxygens (including phenoxy) is 1. The predicted molar refractivity (Wildman–Crippen MR) is 58.3 cm³/mol. The predicted octanol–water partition coefficient (Wildman–Crippen LogP) is 2.74. The maximum atomic E-state index is 8.77. The van der Waals surface area contributed by atoms with E-state index in [-0.39, 0.29) is 0 Å². The molecule has 0 aromatic heterocycles. The van der Waals surface area contributed by atoms with Gasteiger partial charge in [0.2, 0.25) is 0 Å². The van der Waals surface area contributed by atoms with Gasteiger partial charge >= 0.3 is 0 Å². The molecule has 2 atom stereocenters. The van der Waals surface area contributed by atoms with E-state index in [1.807, 2.05) is 0 Å². The fourth-order valence-electron chi connectivity index (χ4n) is 2.32. The number of hydrogen-bond donors (Lipinski definition) is 1. The highest BCUT2D eigenvalue weighted by atomic mass is 16.5. The summed E-state index contributed by atoms with van der Waals surface area (Å²) >= 11 is 0. The SMILES string of the molecule is CCCO[C@@H]1CCC[C@H](CCCO)C1. The molecule has 0 heterocycles. The van der Waals surface area contributed by atoms with Crippen molar-refractivity contribution in [1.29, 1.82) is 0 Å². The van der Waals surface area contributed by atoms with Crippen LogP contribution >= 0.6 is 0 Å². The van der Waals surface area contributed by atoms with E-state index in [1.165, 1.54) is 32.1 Å². The molecule has 14 heavy (non-hydrogen) atoms. The molecule has 0 aromatic carbocycles. The van der Waals surface area contributed by atoms with Crippen molar-refractivity contribution in [3.8, 4) is 0 Å². The first-order valence-electron chi connectivity index (χ1n) is 6.09. The Morgan fingerprint density at radius 3 is 2.93 bits per heavy atom. The lowest BCUT2D eigenvalue weighted by Crippen LogP contribution is -2.23. The fourth-order valence-corrected chi connectivity index (χ4v) is 2.32. The van der Waals surface area contributed by atoms with Crippen LogP contribution in [0.25, 0.3) is 0 Å². The molecule has 0 radical (unpaired) electrons. The third-order valence-corrected chi connectivity index (χ3v) is 3.06. The second-order valence-electron chi connectivity index (χ2n) is 4.39. The summed E-state index contributed by atoms with van der Waals surface area (Å²) in [5.74, 6) is 0.803. The summed E-state index contributed by atoms with van der Waals surface area (Å²) in [6.45, 7) is 3.42. The third-order valence-electron chi connectivity index (χ3n) is 3.06. The Labute approximate surface area is 87.7 Å². The highest BCUT2D eigenvalue weighted by Crippen LogP contribution is 2.29. The molecule has 1 N–H and O–H groups in total. The summed E-state index contributed by atoms with van der Waals surface area (Å²) in [6, 6.07) is 0. The van der Waals surface area contributed by atoms with Crippen LogP contribution in [0.2, 0.25) is 0 Å². The molecule has 0 spiro atoms. The molecular weight excluding hydrogens is 176 g/mol. The van der Waals surface area contributed by atoms with Gasteiger partial charge < -0.3 is 9.84 Å². The molecule has 1 saturated carbocycles. The van der Waals surface area contributed by atoms with Gasteiger partial charge in [0.15, 0.2) is 0 Å². The average molecular weight is 200 g/mol. The molecule has 0 unspecified atom stereocenters. The van der Waals surface area contributed by atoms with Crippen LogP contribution < -0.4 is 0 Å². The van der Waals surface area contributed by atoms with E-state index >= 15 is 0 Å². The van der Waals surface area contributed by atoms with Crippen LogP contribution in [0, 0.1) is 5.92 Å². The van der Waals surface area contributed by atoms with Crippen molar-refractivity contribution < 1.29 is 9.84 Å². The van der Waals surface area contributed by atoms with Crippen molar-refractivity contribution in [2.45, 2.75) is 58.0 Å². The second kappa shape index (κ2) is 7.24. The highest BCUT2D eigenvalue weighted by Gasteiger charge is 2.21. The van der Waals surface area contributed by atoms with E-state index in [9.17, 15) is 0 Å². The van der Waals surface area contributed by atoms with E-state index in [4.69, 9.17) is 9.84 Å². The Balaban J connectivity index is 2.14. The van der Waals surface area contributed by atoms with Gasteiger partial charge in [-0.1, -0.05) is 19.8 Å². The normalized spacial score (nSPS) is 27.9. The monoisotopic (exact) mass is 200 g/mol. The van der Waals surface area contributed by atoms with Crippen molar-refractivity contribution in [2.24, 2.45) is 5.92 Å². The summed E-state index contributed by atoms with van der Waals surface area (Å²) in [4.78, 5) is 0. The molecule has 1 fully saturated rings. The van der Waals surface area contributed by atoms with Crippen LogP contribution in [0.1, 0.15) is 51.9 Å². The van der Waals surface area contributed by atoms with Gasteiger partial charge in [-0.05, 0) is 38.0 Å². The van der Waals surface area contributed by atoms with Crippen molar-refractivity contribution in [2.75, 3.05) is 13.2 Å². The second-order valence-corrected chi connectivity index (χ2v) is 4.39. The average Bonchev–Trinajstić information content (AvgIpc) is 2.24. The van der Waals surface area contributed by atoms with E-state index in [0.29, 0.717) is 12.7 Å².